The van der Waals surface area contributed by atoms with Gasteiger partial charge in [0.1, 0.15) is 0 Å². The van der Waals surface area contributed by atoms with E-state index in [0.29, 0.717) is 13.0 Å². The van der Waals surface area contributed by atoms with Crippen LogP contribution in [-0.4, -0.2) is 31.4 Å². The molecule has 2 aliphatic rings. The molecule has 0 radical (unpaired) electrons. The van der Waals surface area contributed by atoms with Gasteiger partial charge in [0.05, 0.1) is 10.5 Å². The van der Waals surface area contributed by atoms with Gasteiger partial charge in [-0.05, 0) is 25.7 Å². The van der Waals surface area contributed by atoms with Crippen LogP contribution in [0.5, 0.6) is 0 Å². The molecule has 1 saturated heterocycles. The molecule has 0 spiro atoms. The molecule has 2 rings (SSSR count). The maximum atomic E-state index is 12.5. The van der Waals surface area contributed by atoms with Gasteiger partial charge in [-0.25, -0.2) is 8.42 Å². The second-order valence-corrected chi connectivity index (χ2v) is 7.68. The fourth-order valence-corrected chi connectivity index (χ4v) is 5.30. The lowest BCUT2D eigenvalue weighted by Gasteiger charge is -2.26. The molecule has 1 aliphatic carbocycles. The predicted octanol–water partition coefficient (Wildman–Crippen LogP) is 1.40. The van der Waals surface area contributed by atoms with Crippen molar-refractivity contribution in [1.29, 1.82) is 0 Å². The largest absolute Gasteiger partial charge is 0.356 e. The third-order valence-corrected chi connectivity index (χ3v) is 6.65. The molecule has 4 nitrogen and oxygen atoms in total. The van der Waals surface area contributed by atoms with Crippen LogP contribution in [-0.2, 0) is 14.6 Å². The van der Waals surface area contributed by atoms with Crippen molar-refractivity contribution in [3.8, 4) is 0 Å². The lowest BCUT2D eigenvalue weighted by atomic mass is 10.0. The average Bonchev–Trinajstić information content (AvgIpc) is 2.55. The third kappa shape index (κ3) is 3.00. The molecule has 0 aromatic heterocycles. The van der Waals surface area contributed by atoms with Gasteiger partial charge in [-0.2, -0.15) is 0 Å². The second-order valence-electron chi connectivity index (χ2n) is 5.17. The number of amides is 1. The first-order chi connectivity index (χ1) is 8.10. The molecule has 1 N–H and O–H groups in total. The zero-order valence-electron chi connectivity index (χ0n) is 10.2. The van der Waals surface area contributed by atoms with Crippen molar-refractivity contribution < 1.29 is 13.2 Å². The van der Waals surface area contributed by atoms with Gasteiger partial charge in [0.2, 0.25) is 5.91 Å². The van der Waals surface area contributed by atoms with Crippen molar-refractivity contribution in [1.82, 2.24) is 5.32 Å². The summed E-state index contributed by atoms with van der Waals surface area (Å²) in [6, 6.07) is 0. The van der Waals surface area contributed by atoms with Gasteiger partial charge >= 0.3 is 0 Å². The highest BCUT2D eigenvalue weighted by molar-refractivity contribution is 7.92. The molecule has 1 heterocycles. The van der Waals surface area contributed by atoms with E-state index in [0.717, 1.165) is 38.5 Å². The van der Waals surface area contributed by atoms with Crippen molar-refractivity contribution in [2.24, 2.45) is 0 Å². The van der Waals surface area contributed by atoms with Gasteiger partial charge in [-0.15, -0.1) is 0 Å². The van der Waals surface area contributed by atoms with E-state index in [1.807, 2.05) is 0 Å². The smallest absolute Gasteiger partial charge is 0.221 e. The highest BCUT2D eigenvalue weighted by atomic mass is 32.2. The van der Waals surface area contributed by atoms with Gasteiger partial charge in [0.25, 0.3) is 0 Å². The second kappa shape index (κ2) is 5.38. The normalized spacial score (nSPS) is 28.5. The van der Waals surface area contributed by atoms with E-state index in [1.165, 1.54) is 0 Å². The topological polar surface area (TPSA) is 63.2 Å². The van der Waals surface area contributed by atoms with Crippen LogP contribution in [0, 0.1) is 0 Å². The summed E-state index contributed by atoms with van der Waals surface area (Å²) in [5, 5.41) is 2.12. The first kappa shape index (κ1) is 12.9. The number of hydrogen-bond acceptors (Lipinski definition) is 3. The van der Waals surface area contributed by atoms with Crippen molar-refractivity contribution in [3.63, 3.8) is 0 Å². The Morgan fingerprint density at radius 1 is 0.941 bits per heavy atom. The molecule has 2 fully saturated rings. The summed E-state index contributed by atoms with van der Waals surface area (Å²) in [7, 11) is -3.10. The number of carbonyl (C=O) groups is 1. The Balaban J connectivity index is 2.09. The predicted molar refractivity (Wildman–Crippen MR) is 66.4 cm³/mol. The summed E-state index contributed by atoms with van der Waals surface area (Å²) in [6.45, 7) is 0.621. The molecule has 0 bridgehead atoms. The molecule has 1 amide bonds. The Bertz CT molecular complexity index is 371. The van der Waals surface area contributed by atoms with Gasteiger partial charge in [-0.3, -0.25) is 4.79 Å². The van der Waals surface area contributed by atoms with E-state index >= 15 is 0 Å². The fourth-order valence-electron chi connectivity index (χ4n) is 2.88. The molecule has 1 unspecified atom stereocenters. The quantitative estimate of drug-likeness (QED) is 0.815. The molecule has 0 aromatic rings. The Morgan fingerprint density at radius 3 is 2.29 bits per heavy atom. The van der Waals surface area contributed by atoms with Crippen molar-refractivity contribution in [2.45, 2.75) is 61.9 Å². The summed E-state index contributed by atoms with van der Waals surface area (Å²) < 4.78 is 24.9. The van der Waals surface area contributed by atoms with Crippen molar-refractivity contribution >= 4 is 15.7 Å². The van der Waals surface area contributed by atoms with E-state index in [2.05, 4.69) is 5.32 Å². The lowest BCUT2D eigenvalue weighted by Crippen LogP contribution is -2.35. The zero-order valence-corrected chi connectivity index (χ0v) is 11.0. The molecule has 1 saturated carbocycles. The monoisotopic (exact) mass is 259 g/mol. The molecule has 5 heteroatoms. The van der Waals surface area contributed by atoms with E-state index in [4.69, 9.17) is 0 Å². The van der Waals surface area contributed by atoms with E-state index in [9.17, 15) is 13.2 Å². The standard InChI is InChI=1S/C12H21NO3S/c14-12-9-11(7-4-8-13-12)17(15,16)10-5-2-1-3-6-10/h10-11H,1-9H2,(H,13,14). The molecule has 17 heavy (non-hydrogen) atoms. The SMILES string of the molecule is O=C1CC(S(=O)(=O)C2CCCCC2)CCCN1. The molecular formula is C12H21NO3S. The summed E-state index contributed by atoms with van der Waals surface area (Å²) in [5.74, 6) is -0.105. The molecule has 98 valence electrons. The third-order valence-electron chi connectivity index (χ3n) is 3.92. The maximum absolute atomic E-state index is 12.5. The Morgan fingerprint density at radius 2 is 1.59 bits per heavy atom. The van der Waals surface area contributed by atoms with Crippen LogP contribution in [0.1, 0.15) is 51.4 Å². The minimum Gasteiger partial charge on any atom is -0.356 e. The fraction of sp³-hybridized carbons (Fsp3) is 0.917. The number of nitrogens with one attached hydrogen (secondary N) is 1. The van der Waals surface area contributed by atoms with Gasteiger partial charge in [-0.1, -0.05) is 19.3 Å². The Kier molecular flexibility index (Phi) is 4.07. The molecule has 1 aliphatic heterocycles. The highest BCUT2D eigenvalue weighted by Gasteiger charge is 2.36. The number of rotatable bonds is 2. The number of carbonyl (C=O) groups excluding carboxylic acids is 1. The number of sulfone groups is 1. The van der Waals surface area contributed by atoms with Crippen LogP contribution in [0.2, 0.25) is 0 Å². The number of hydrogen-bond donors (Lipinski definition) is 1. The summed E-state index contributed by atoms with van der Waals surface area (Å²) >= 11 is 0. The Labute approximate surface area is 103 Å². The van der Waals surface area contributed by atoms with Crippen LogP contribution in [0.3, 0.4) is 0 Å². The summed E-state index contributed by atoms with van der Waals surface area (Å²) in [5.41, 5.74) is 0. The van der Waals surface area contributed by atoms with E-state index in [1.54, 1.807) is 0 Å². The lowest BCUT2D eigenvalue weighted by molar-refractivity contribution is -0.120. The van der Waals surface area contributed by atoms with E-state index in [-0.39, 0.29) is 17.6 Å². The summed E-state index contributed by atoms with van der Waals surface area (Å²) in [6.07, 6.45) is 6.35. The maximum Gasteiger partial charge on any atom is 0.221 e. The zero-order chi connectivity index (χ0) is 12.3. The van der Waals surface area contributed by atoms with Crippen LogP contribution in [0.25, 0.3) is 0 Å². The molecule has 1 atom stereocenters. The summed E-state index contributed by atoms with van der Waals surface area (Å²) in [4.78, 5) is 11.4. The van der Waals surface area contributed by atoms with Crippen LogP contribution in [0.15, 0.2) is 0 Å². The first-order valence-electron chi connectivity index (χ1n) is 6.60. The Hall–Kier alpha value is -0.580. The van der Waals surface area contributed by atoms with Crippen molar-refractivity contribution in [2.75, 3.05) is 6.54 Å². The highest BCUT2D eigenvalue weighted by Crippen LogP contribution is 2.29. The van der Waals surface area contributed by atoms with Crippen LogP contribution in [0.4, 0.5) is 0 Å². The van der Waals surface area contributed by atoms with Crippen LogP contribution < -0.4 is 5.32 Å². The van der Waals surface area contributed by atoms with Gasteiger partial charge in [0.15, 0.2) is 9.84 Å². The van der Waals surface area contributed by atoms with Crippen molar-refractivity contribution in [3.05, 3.63) is 0 Å². The minimum atomic E-state index is -3.10. The minimum absolute atomic E-state index is 0.105. The average molecular weight is 259 g/mol. The molecular weight excluding hydrogens is 238 g/mol. The van der Waals surface area contributed by atoms with Gasteiger partial charge in [0, 0.05) is 13.0 Å². The van der Waals surface area contributed by atoms with Gasteiger partial charge < -0.3 is 5.32 Å². The van der Waals surface area contributed by atoms with Crippen LogP contribution >= 0.6 is 0 Å². The first-order valence-corrected chi connectivity index (χ1v) is 8.21. The van der Waals surface area contributed by atoms with E-state index < -0.39 is 15.1 Å². The molecule has 0 aromatic carbocycles.